The van der Waals surface area contributed by atoms with Crippen LogP contribution in [0.25, 0.3) is 0 Å². The molecule has 83 valence electrons. The highest BCUT2D eigenvalue weighted by Gasteiger charge is 2.26. The Balaban J connectivity index is 3.90. The van der Waals surface area contributed by atoms with E-state index in [-0.39, 0.29) is 5.97 Å². The second-order valence-electron chi connectivity index (χ2n) is 3.42. The summed E-state index contributed by atoms with van der Waals surface area (Å²) < 4.78 is 10.8. The fourth-order valence-corrected chi connectivity index (χ4v) is 2.40. The number of rotatable bonds is 7. The van der Waals surface area contributed by atoms with E-state index in [0.29, 0.717) is 12.1 Å². The van der Waals surface area contributed by atoms with Crippen molar-refractivity contribution < 1.29 is 13.6 Å². The van der Waals surface area contributed by atoms with E-state index >= 15 is 0 Å². The van der Waals surface area contributed by atoms with Gasteiger partial charge >= 0.3 is 9.28 Å². The molecule has 0 aliphatic carbocycles. The van der Waals surface area contributed by atoms with Crippen LogP contribution >= 0.6 is 0 Å². The normalized spacial score (nSPS) is 12.9. The second-order valence-corrected chi connectivity index (χ2v) is 5.54. The number of carbonyl (C=O) groups is 1. The van der Waals surface area contributed by atoms with E-state index in [1.807, 2.05) is 0 Å². The third-order valence-corrected chi connectivity index (χ3v) is 4.19. The molecule has 0 bridgehead atoms. The fourth-order valence-electron chi connectivity index (χ4n) is 0.898. The van der Waals surface area contributed by atoms with Crippen LogP contribution in [-0.4, -0.2) is 21.9 Å². The molecule has 1 unspecified atom stereocenters. The molecule has 0 rings (SSSR count). The summed E-state index contributed by atoms with van der Waals surface area (Å²) in [6, 6.07) is 0. The molecule has 0 aromatic carbocycles. The maximum atomic E-state index is 10.8. The highest BCUT2D eigenvalue weighted by molar-refractivity contribution is 6.48. The van der Waals surface area contributed by atoms with Crippen molar-refractivity contribution in [1.82, 2.24) is 0 Å². The Kier molecular flexibility index (Phi) is 7.80. The largest absolute Gasteiger partial charge is 0.492 e. The first-order valence-electron chi connectivity index (χ1n) is 5.29. The molecule has 0 fully saturated rings. The molecule has 0 saturated carbocycles. The summed E-state index contributed by atoms with van der Waals surface area (Å²) in [5.74, 6) is -0.226. The average molecular weight is 217 g/mol. The van der Waals surface area contributed by atoms with E-state index < -0.39 is 9.28 Å². The molecule has 0 aromatic heterocycles. The minimum atomic E-state index is -1.39. The molecule has 0 spiro atoms. The maximum absolute atomic E-state index is 10.8. The Morgan fingerprint density at radius 1 is 1.43 bits per heavy atom. The number of carbonyl (C=O) groups excluding carboxylic acids is 1. The summed E-state index contributed by atoms with van der Waals surface area (Å²) in [4.78, 5) is 10.8. The van der Waals surface area contributed by atoms with E-state index in [1.165, 1.54) is 6.92 Å². The second kappa shape index (κ2) is 8.00. The highest BCUT2D eigenvalue weighted by Crippen LogP contribution is 2.16. The van der Waals surface area contributed by atoms with Crippen LogP contribution in [-0.2, 0) is 13.6 Å². The SMILES string of the molecule is CCCCO[Si](OC(C)=O)C(C)CC. The van der Waals surface area contributed by atoms with Crippen molar-refractivity contribution >= 4 is 15.3 Å². The Hall–Kier alpha value is -0.353. The summed E-state index contributed by atoms with van der Waals surface area (Å²) >= 11 is 0. The summed E-state index contributed by atoms with van der Waals surface area (Å²) in [5, 5.41) is 0. The molecule has 0 saturated heterocycles. The molecule has 0 aliphatic heterocycles. The van der Waals surface area contributed by atoms with Crippen LogP contribution < -0.4 is 0 Å². The van der Waals surface area contributed by atoms with Crippen molar-refractivity contribution in [1.29, 1.82) is 0 Å². The lowest BCUT2D eigenvalue weighted by molar-refractivity contribution is -0.133. The zero-order valence-electron chi connectivity index (χ0n) is 9.63. The van der Waals surface area contributed by atoms with Gasteiger partial charge in [0.1, 0.15) is 0 Å². The summed E-state index contributed by atoms with van der Waals surface area (Å²) in [6.07, 6.45) is 3.13. The first kappa shape index (κ1) is 13.6. The summed E-state index contributed by atoms with van der Waals surface area (Å²) in [7, 11) is -1.39. The van der Waals surface area contributed by atoms with Crippen molar-refractivity contribution in [3.8, 4) is 0 Å². The van der Waals surface area contributed by atoms with Crippen LogP contribution in [0.4, 0.5) is 0 Å². The van der Waals surface area contributed by atoms with Gasteiger partial charge in [-0.2, -0.15) is 0 Å². The summed E-state index contributed by atoms with van der Waals surface area (Å²) in [5.41, 5.74) is 0.362. The molecule has 0 aliphatic rings. The number of hydrogen-bond acceptors (Lipinski definition) is 3. The lowest BCUT2D eigenvalue weighted by Crippen LogP contribution is -2.29. The molecule has 0 amide bonds. The topological polar surface area (TPSA) is 35.5 Å². The third-order valence-electron chi connectivity index (χ3n) is 2.00. The van der Waals surface area contributed by atoms with Crippen LogP contribution in [0.5, 0.6) is 0 Å². The molecule has 4 heteroatoms. The van der Waals surface area contributed by atoms with Gasteiger partial charge < -0.3 is 8.85 Å². The smallest absolute Gasteiger partial charge is 0.462 e. The van der Waals surface area contributed by atoms with Gasteiger partial charge in [-0.15, -0.1) is 0 Å². The molecule has 0 heterocycles. The molecule has 0 aromatic rings. The highest BCUT2D eigenvalue weighted by atomic mass is 28.3. The molecular formula is C10H21O3Si. The molecule has 3 nitrogen and oxygen atoms in total. The van der Waals surface area contributed by atoms with E-state index in [4.69, 9.17) is 8.85 Å². The van der Waals surface area contributed by atoms with Crippen molar-refractivity contribution in [2.75, 3.05) is 6.61 Å². The van der Waals surface area contributed by atoms with Crippen LogP contribution in [0.3, 0.4) is 0 Å². The Morgan fingerprint density at radius 3 is 2.50 bits per heavy atom. The first-order valence-corrected chi connectivity index (χ1v) is 6.69. The van der Waals surface area contributed by atoms with E-state index in [1.54, 1.807) is 0 Å². The van der Waals surface area contributed by atoms with Gasteiger partial charge in [0.05, 0.1) is 0 Å². The van der Waals surface area contributed by atoms with Gasteiger partial charge in [0.25, 0.3) is 5.97 Å². The van der Waals surface area contributed by atoms with Gasteiger partial charge in [-0.05, 0) is 6.42 Å². The van der Waals surface area contributed by atoms with Crippen molar-refractivity contribution in [3.05, 3.63) is 0 Å². The van der Waals surface area contributed by atoms with Crippen molar-refractivity contribution in [2.45, 2.75) is 52.5 Å². The lowest BCUT2D eigenvalue weighted by Gasteiger charge is -2.18. The minimum absolute atomic E-state index is 0.226. The van der Waals surface area contributed by atoms with Crippen LogP contribution in [0.15, 0.2) is 0 Å². The van der Waals surface area contributed by atoms with Gasteiger partial charge in [-0.1, -0.05) is 33.6 Å². The van der Waals surface area contributed by atoms with E-state index in [0.717, 1.165) is 19.3 Å². The quantitative estimate of drug-likeness (QED) is 0.486. The first-order chi connectivity index (χ1) is 6.61. The van der Waals surface area contributed by atoms with Crippen molar-refractivity contribution in [2.24, 2.45) is 0 Å². The monoisotopic (exact) mass is 217 g/mol. The van der Waals surface area contributed by atoms with Crippen LogP contribution in [0.1, 0.15) is 47.0 Å². The number of hydrogen-bond donors (Lipinski definition) is 0. The molecule has 1 radical (unpaired) electrons. The predicted octanol–water partition coefficient (Wildman–Crippen LogP) is 2.65. The van der Waals surface area contributed by atoms with Gasteiger partial charge in [0.2, 0.25) is 0 Å². The predicted molar refractivity (Wildman–Crippen MR) is 58.1 cm³/mol. The van der Waals surface area contributed by atoms with Gasteiger partial charge in [0, 0.05) is 19.1 Å². The zero-order valence-corrected chi connectivity index (χ0v) is 10.6. The fraction of sp³-hybridized carbons (Fsp3) is 0.900. The molecular weight excluding hydrogens is 196 g/mol. The Morgan fingerprint density at radius 2 is 2.07 bits per heavy atom. The van der Waals surface area contributed by atoms with Crippen LogP contribution in [0, 0.1) is 0 Å². The minimum Gasteiger partial charge on any atom is -0.492 e. The third kappa shape index (κ3) is 6.15. The molecule has 1 atom stereocenters. The Labute approximate surface area is 88.6 Å². The van der Waals surface area contributed by atoms with Gasteiger partial charge in [0.15, 0.2) is 0 Å². The summed E-state index contributed by atoms with van der Waals surface area (Å²) in [6.45, 7) is 8.43. The van der Waals surface area contributed by atoms with Crippen molar-refractivity contribution in [3.63, 3.8) is 0 Å². The molecule has 0 N–H and O–H groups in total. The lowest BCUT2D eigenvalue weighted by atomic mass is 10.4. The maximum Gasteiger partial charge on any atom is 0.462 e. The Bertz CT molecular complexity index is 161. The van der Waals surface area contributed by atoms with Crippen LogP contribution in [0.2, 0.25) is 5.54 Å². The number of unbranched alkanes of at least 4 members (excludes halogenated alkanes) is 1. The zero-order chi connectivity index (χ0) is 11.0. The van der Waals surface area contributed by atoms with Gasteiger partial charge in [-0.25, -0.2) is 0 Å². The molecule has 14 heavy (non-hydrogen) atoms. The standard InChI is InChI=1S/C10H21O3Si/c1-5-7-8-12-14(9(3)6-2)13-10(4)11/h9H,5-8H2,1-4H3. The van der Waals surface area contributed by atoms with E-state index in [2.05, 4.69) is 20.8 Å². The average Bonchev–Trinajstić information content (AvgIpc) is 2.15. The van der Waals surface area contributed by atoms with E-state index in [9.17, 15) is 4.79 Å². The van der Waals surface area contributed by atoms with Gasteiger partial charge in [-0.3, -0.25) is 4.79 Å².